The molecule has 148 valence electrons. The van der Waals surface area contributed by atoms with Crippen LogP contribution in [0.1, 0.15) is 25.3 Å². The molecule has 28 heavy (non-hydrogen) atoms. The van der Waals surface area contributed by atoms with Gasteiger partial charge >= 0.3 is 6.03 Å². The van der Waals surface area contributed by atoms with Crippen molar-refractivity contribution in [1.82, 2.24) is 10.9 Å². The van der Waals surface area contributed by atoms with E-state index >= 15 is 0 Å². The molecule has 0 saturated heterocycles. The highest BCUT2D eigenvalue weighted by molar-refractivity contribution is 6.31. The van der Waals surface area contributed by atoms with E-state index in [1.165, 1.54) is 4.90 Å². The van der Waals surface area contributed by atoms with Gasteiger partial charge in [0.25, 0.3) is 0 Å². The second-order valence-electron chi connectivity index (χ2n) is 6.67. The molecule has 6 nitrogen and oxygen atoms in total. The lowest BCUT2D eigenvalue weighted by molar-refractivity contribution is -0.122. The molecule has 0 fully saturated rings. The summed E-state index contributed by atoms with van der Waals surface area (Å²) in [4.78, 5) is 26.4. The number of carbonyl (C=O) groups excluding carboxylic acids is 2. The third kappa shape index (κ3) is 4.88. The van der Waals surface area contributed by atoms with E-state index in [0.717, 1.165) is 12.0 Å². The number of ether oxygens (including phenoxy) is 1. The summed E-state index contributed by atoms with van der Waals surface area (Å²) >= 11 is 11.8. The number of alkyl halides is 1. The molecular weight excluding hydrogens is 401 g/mol. The van der Waals surface area contributed by atoms with E-state index < -0.39 is 6.03 Å². The number of hydrogen-bond acceptors (Lipinski definition) is 3. The Labute approximate surface area is 173 Å². The molecule has 3 rings (SSSR count). The van der Waals surface area contributed by atoms with Crippen LogP contribution in [0.3, 0.4) is 0 Å². The van der Waals surface area contributed by atoms with Gasteiger partial charge in [0.15, 0.2) is 5.75 Å². The van der Waals surface area contributed by atoms with Crippen LogP contribution in [0.4, 0.5) is 10.5 Å². The van der Waals surface area contributed by atoms with Crippen LogP contribution in [-0.4, -0.2) is 17.8 Å². The number of hydrogen-bond donors (Lipinski definition) is 2. The summed E-state index contributed by atoms with van der Waals surface area (Å²) in [6.07, 6.45) is 1.01. The van der Waals surface area contributed by atoms with Crippen LogP contribution in [-0.2, 0) is 11.3 Å². The SMILES string of the molecule is CC(CCCl)CC(=O)NNC(=O)N1Cc2ccccc2Oc2ccc(Cl)cc21. The fraction of sp³-hybridized carbons (Fsp3) is 0.300. The minimum atomic E-state index is -0.484. The normalized spacial score (nSPS) is 13.5. The Hall–Kier alpha value is -2.44. The van der Waals surface area contributed by atoms with E-state index in [1.54, 1.807) is 18.2 Å². The zero-order valence-corrected chi connectivity index (χ0v) is 16.9. The van der Waals surface area contributed by atoms with Gasteiger partial charge in [-0.05, 0) is 36.6 Å². The average Bonchev–Trinajstić information content (AvgIpc) is 2.83. The van der Waals surface area contributed by atoms with Crippen molar-refractivity contribution in [1.29, 1.82) is 0 Å². The standard InChI is InChI=1S/C20H21Cl2N3O3/c1-13(8-9-21)10-19(26)23-24-20(27)25-12-14-4-2-3-5-17(14)28-18-7-6-15(22)11-16(18)25/h2-7,11,13H,8-10,12H2,1H3,(H,23,26)(H,24,27). The van der Waals surface area contributed by atoms with Gasteiger partial charge in [0.1, 0.15) is 5.75 Å². The molecule has 1 heterocycles. The largest absolute Gasteiger partial charge is 0.455 e. The molecular formula is C20H21Cl2N3O3. The number of hydrazine groups is 1. The first-order valence-electron chi connectivity index (χ1n) is 8.95. The number of benzene rings is 2. The van der Waals surface area contributed by atoms with E-state index in [-0.39, 0.29) is 24.8 Å². The summed E-state index contributed by atoms with van der Waals surface area (Å²) in [5.41, 5.74) is 6.30. The van der Waals surface area contributed by atoms with Gasteiger partial charge in [-0.1, -0.05) is 36.7 Å². The number of anilines is 1. The summed E-state index contributed by atoms with van der Waals surface area (Å²) in [5.74, 6) is 1.52. The van der Waals surface area contributed by atoms with E-state index in [9.17, 15) is 9.59 Å². The molecule has 2 N–H and O–H groups in total. The zero-order valence-electron chi connectivity index (χ0n) is 15.4. The average molecular weight is 422 g/mol. The monoisotopic (exact) mass is 421 g/mol. The van der Waals surface area contributed by atoms with E-state index in [1.807, 2.05) is 31.2 Å². The highest BCUT2D eigenvalue weighted by Gasteiger charge is 2.26. The van der Waals surface area contributed by atoms with E-state index in [0.29, 0.717) is 28.1 Å². The maximum absolute atomic E-state index is 12.8. The van der Waals surface area contributed by atoms with Gasteiger partial charge in [0.05, 0.1) is 12.2 Å². The minimum absolute atomic E-state index is 0.132. The van der Waals surface area contributed by atoms with E-state index in [2.05, 4.69) is 10.9 Å². The molecule has 0 radical (unpaired) electrons. The number of nitrogens with zero attached hydrogens (tertiary/aromatic N) is 1. The number of fused-ring (bicyclic) bond motifs is 2. The second-order valence-corrected chi connectivity index (χ2v) is 7.49. The number of rotatable bonds is 4. The molecule has 3 amide bonds. The second kappa shape index (κ2) is 9.17. The van der Waals surface area contributed by atoms with Crippen LogP contribution in [0.2, 0.25) is 5.02 Å². The van der Waals surface area contributed by atoms with Crippen molar-refractivity contribution >= 4 is 40.8 Å². The first-order valence-corrected chi connectivity index (χ1v) is 9.87. The lowest BCUT2D eigenvalue weighted by Crippen LogP contribution is -2.49. The van der Waals surface area contributed by atoms with Crippen LogP contribution in [0.25, 0.3) is 0 Å². The van der Waals surface area contributed by atoms with Crippen molar-refractivity contribution in [3.8, 4) is 11.5 Å². The van der Waals surface area contributed by atoms with Crippen LogP contribution in [0, 0.1) is 5.92 Å². The molecule has 1 unspecified atom stereocenters. The van der Waals surface area contributed by atoms with Crippen molar-refractivity contribution < 1.29 is 14.3 Å². The smallest absolute Gasteiger partial charge is 0.341 e. The summed E-state index contributed by atoms with van der Waals surface area (Å²) in [5, 5.41) is 0.477. The molecule has 0 aliphatic carbocycles. The fourth-order valence-electron chi connectivity index (χ4n) is 2.92. The van der Waals surface area contributed by atoms with Crippen LogP contribution >= 0.6 is 23.2 Å². The first-order chi connectivity index (χ1) is 13.5. The summed E-state index contributed by atoms with van der Waals surface area (Å²) < 4.78 is 5.96. The Morgan fingerprint density at radius 3 is 2.75 bits per heavy atom. The van der Waals surface area contributed by atoms with Gasteiger partial charge in [-0.15, -0.1) is 11.6 Å². The summed E-state index contributed by atoms with van der Waals surface area (Å²) in [7, 11) is 0. The van der Waals surface area contributed by atoms with Gasteiger partial charge in [0.2, 0.25) is 5.91 Å². The Morgan fingerprint density at radius 2 is 1.96 bits per heavy atom. The molecule has 1 atom stereocenters. The van der Waals surface area contributed by atoms with Crippen molar-refractivity contribution in [3.63, 3.8) is 0 Å². The molecule has 1 aliphatic heterocycles. The topological polar surface area (TPSA) is 70.7 Å². The van der Waals surface area contributed by atoms with Gasteiger partial charge in [-0.3, -0.25) is 15.1 Å². The van der Waals surface area contributed by atoms with Crippen molar-refractivity contribution in [2.45, 2.75) is 26.3 Å². The molecule has 2 aromatic carbocycles. The molecule has 1 aliphatic rings. The number of amides is 3. The Bertz CT molecular complexity index is 876. The van der Waals surface area contributed by atoms with Gasteiger partial charge in [0, 0.05) is 22.9 Å². The molecule has 0 bridgehead atoms. The summed E-state index contributed by atoms with van der Waals surface area (Å²) in [6, 6.07) is 12.1. The fourth-order valence-corrected chi connectivity index (χ4v) is 3.46. The Kier molecular flexibility index (Phi) is 6.65. The lowest BCUT2D eigenvalue weighted by Gasteiger charge is -2.23. The number of carbonyl (C=O) groups is 2. The Balaban J connectivity index is 1.77. The highest BCUT2D eigenvalue weighted by Crippen LogP contribution is 2.40. The maximum atomic E-state index is 12.8. The molecule has 0 spiro atoms. The predicted molar refractivity (Wildman–Crippen MR) is 110 cm³/mol. The van der Waals surface area contributed by atoms with Gasteiger partial charge in [-0.2, -0.15) is 0 Å². The first kappa shape index (κ1) is 20.3. The number of urea groups is 1. The van der Waals surface area contributed by atoms with Gasteiger partial charge in [-0.25, -0.2) is 10.2 Å². The number of para-hydroxylation sites is 1. The third-order valence-corrected chi connectivity index (χ3v) is 4.88. The van der Waals surface area contributed by atoms with Crippen molar-refractivity contribution in [2.24, 2.45) is 5.92 Å². The molecule has 8 heteroatoms. The quantitative estimate of drug-likeness (QED) is 0.547. The van der Waals surface area contributed by atoms with Crippen LogP contribution in [0.5, 0.6) is 11.5 Å². The lowest BCUT2D eigenvalue weighted by atomic mass is 10.1. The minimum Gasteiger partial charge on any atom is -0.455 e. The zero-order chi connectivity index (χ0) is 20.1. The van der Waals surface area contributed by atoms with Crippen LogP contribution < -0.4 is 20.5 Å². The van der Waals surface area contributed by atoms with E-state index in [4.69, 9.17) is 27.9 Å². The summed E-state index contributed by atoms with van der Waals surface area (Å²) in [6.45, 7) is 2.21. The molecule has 0 aromatic heterocycles. The Morgan fingerprint density at radius 1 is 1.18 bits per heavy atom. The third-order valence-electron chi connectivity index (χ3n) is 4.42. The molecule has 2 aromatic rings. The maximum Gasteiger partial charge on any atom is 0.341 e. The number of nitrogens with one attached hydrogen (secondary N) is 2. The van der Waals surface area contributed by atoms with Gasteiger partial charge < -0.3 is 4.74 Å². The highest BCUT2D eigenvalue weighted by atomic mass is 35.5. The number of halogens is 2. The molecule has 0 saturated carbocycles. The van der Waals surface area contributed by atoms with Crippen molar-refractivity contribution in [3.05, 3.63) is 53.1 Å². The van der Waals surface area contributed by atoms with Crippen molar-refractivity contribution in [2.75, 3.05) is 10.8 Å². The predicted octanol–water partition coefficient (Wildman–Crippen LogP) is 4.85. The van der Waals surface area contributed by atoms with Crippen LogP contribution in [0.15, 0.2) is 42.5 Å².